The molecule has 4 aromatic rings. The van der Waals surface area contributed by atoms with E-state index in [4.69, 9.17) is 11.6 Å². The number of aromatic amines is 1. The maximum Gasteiger partial charge on any atom is 0.387 e. The number of amides is 1. The minimum Gasteiger partial charge on any atom is -0.434 e. The quantitative estimate of drug-likeness (QED) is 0.491. The third kappa shape index (κ3) is 3.51. The number of thiazole rings is 1. The van der Waals surface area contributed by atoms with Crippen LogP contribution in [0.1, 0.15) is 10.4 Å². The van der Waals surface area contributed by atoms with Gasteiger partial charge in [0.2, 0.25) is 0 Å². The van der Waals surface area contributed by atoms with Crippen molar-refractivity contribution in [1.82, 2.24) is 20.2 Å². The first-order valence-electron chi connectivity index (χ1n) is 7.79. The summed E-state index contributed by atoms with van der Waals surface area (Å²) in [6, 6.07) is 4.17. The topological polar surface area (TPSA) is 92.8 Å². The molecule has 1 aromatic carbocycles. The van der Waals surface area contributed by atoms with Crippen molar-refractivity contribution in [3.8, 4) is 17.0 Å². The number of H-pyrrole nitrogens is 1. The lowest BCUT2D eigenvalue weighted by Gasteiger charge is -2.12. The zero-order chi connectivity index (χ0) is 19.7. The van der Waals surface area contributed by atoms with Gasteiger partial charge < -0.3 is 10.1 Å². The molecule has 7 nitrogen and oxygen atoms in total. The third-order valence-corrected chi connectivity index (χ3v) is 4.80. The first-order valence-corrected chi connectivity index (χ1v) is 9.05. The highest BCUT2D eigenvalue weighted by Crippen LogP contribution is 2.36. The second-order valence-electron chi connectivity index (χ2n) is 5.52. The standard InChI is InChI=1S/C17H10ClF2N5O2S/c18-8-1-2-12(27-17(19)20)9(3-8)14-11(5-23-25-14)24-16(26)10-4-21-6-13-15(10)22-7-28-13/h1-7,17H,(H,23,25)(H,24,26). The molecule has 3 heterocycles. The van der Waals surface area contributed by atoms with Gasteiger partial charge in [0, 0.05) is 23.0 Å². The number of fused-ring (bicyclic) bond motifs is 1. The molecule has 11 heteroatoms. The zero-order valence-corrected chi connectivity index (χ0v) is 15.4. The van der Waals surface area contributed by atoms with E-state index in [1.165, 1.54) is 41.9 Å². The number of alkyl halides is 2. The van der Waals surface area contributed by atoms with Gasteiger partial charge in [-0.2, -0.15) is 13.9 Å². The highest BCUT2D eigenvalue weighted by atomic mass is 35.5. The summed E-state index contributed by atoms with van der Waals surface area (Å²) in [7, 11) is 0. The summed E-state index contributed by atoms with van der Waals surface area (Å²) < 4.78 is 30.8. The number of ether oxygens (including phenoxy) is 1. The van der Waals surface area contributed by atoms with Crippen LogP contribution in [0.25, 0.3) is 21.5 Å². The molecule has 0 radical (unpaired) electrons. The van der Waals surface area contributed by atoms with Crippen LogP contribution >= 0.6 is 22.9 Å². The number of nitrogens with one attached hydrogen (secondary N) is 2. The maximum absolute atomic E-state index is 12.7. The Labute approximate surface area is 165 Å². The van der Waals surface area contributed by atoms with Crippen molar-refractivity contribution in [2.75, 3.05) is 5.32 Å². The molecule has 0 aliphatic heterocycles. The normalized spacial score (nSPS) is 11.1. The van der Waals surface area contributed by atoms with E-state index in [0.717, 1.165) is 4.70 Å². The Morgan fingerprint density at radius 1 is 1.29 bits per heavy atom. The summed E-state index contributed by atoms with van der Waals surface area (Å²) in [4.78, 5) is 21.0. The van der Waals surface area contributed by atoms with E-state index in [1.807, 2.05) is 0 Å². The Bertz CT molecular complexity index is 1160. The van der Waals surface area contributed by atoms with Crippen LogP contribution in [-0.4, -0.2) is 32.7 Å². The Morgan fingerprint density at radius 2 is 2.14 bits per heavy atom. The fourth-order valence-electron chi connectivity index (χ4n) is 2.63. The van der Waals surface area contributed by atoms with Gasteiger partial charge in [-0.15, -0.1) is 11.3 Å². The molecule has 1 amide bonds. The number of nitrogens with zero attached hydrogens (tertiary/aromatic N) is 3. The van der Waals surface area contributed by atoms with Gasteiger partial charge in [0.15, 0.2) is 0 Å². The van der Waals surface area contributed by atoms with Crippen molar-refractivity contribution in [2.45, 2.75) is 6.61 Å². The lowest BCUT2D eigenvalue weighted by molar-refractivity contribution is -0.0494. The van der Waals surface area contributed by atoms with Gasteiger partial charge in [-0.05, 0) is 18.2 Å². The van der Waals surface area contributed by atoms with Gasteiger partial charge in [0.25, 0.3) is 5.91 Å². The molecule has 0 saturated carbocycles. The predicted octanol–water partition coefficient (Wildman–Crippen LogP) is 4.59. The first kappa shape index (κ1) is 18.3. The average molecular weight is 422 g/mol. The molecule has 0 atom stereocenters. The van der Waals surface area contributed by atoms with E-state index >= 15 is 0 Å². The fourth-order valence-corrected chi connectivity index (χ4v) is 3.47. The summed E-state index contributed by atoms with van der Waals surface area (Å²) >= 11 is 7.36. The van der Waals surface area contributed by atoms with E-state index in [-0.39, 0.29) is 28.3 Å². The van der Waals surface area contributed by atoms with Crippen LogP contribution < -0.4 is 10.1 Å². The number of carbonyl (C=O) groups excluding carboxylic acids is 1. The molecule has 0 unspecified atom stereocenters. The number of hydrogen-bond acceptors (Lipinski definition) is 6. The molecule has 0 aliphatic carbocycles. The number of pyridine rings is 1. The highest BCUT2D eigenvalue weighted by Gasteiger charge is 2.19. The van der Waals surface area contributed by atoms with Gasteiger partial charge in [0.1, 0.15) is 5.75 Å². The van der Waals surface area contributed by atoms with Gasteiger partial charge >= 0.3 is 6.61 Å². The van der Waals surface area contributed by atoms with Gasteiger partial charge in [0.05, 0.1) is 38.9 Å². The zero-order valence-electron chi connectivity index (χ0n) is 13.8. The minimum absolute atomic E-state index is 0.109. The van der Waals surface area contributed by atoms with E-state index < -0.39 is 12.5 Å². The Morgan fingerprint density at radius 3 is 2.96 bits per heavy atom. The van der Waals surface area contributed by atoms with Crippen molar-refractivity contribution in [2.24, 2.45) is 0 Å². The van der Waals surface area contributed by atoms with Crippen molar-refractivity contribution in [3.63, 3.8) is 0 Å². The van der Waals surface area contributed by atoms with Gasteiger partial charge in [-0.3, -0.25) is 14.9 Å². The smallest absolute Gasteiger partial charge is 0.387 e. The van der Waals surface area contributed by atoms with Crippen molar-refractivity contribution in [3.05, 3.63) is 52.9 Å². The molecule has 28 heavy (non-hydrogen) atoms. The first-order chi connectivity index (χ1) is 13.5. The van der Waals surface area contributed by atoms with Gasteiger partial charge in [-0.25, -0.2) is 4.98 Å². The molecular formula is C17H10ClF2N5O2S. The Kier molecular flexibility index (Phi) is 4.88. The second kappa shape index (κ2) is 7.49. The minimum atomic E-state index is -3.02. The summed E-state index contributed by atoms with van der Waals surface area (Å²) in [5, 5.41) is 9.57. The lowest BCUT2D eigenvalue weighted by atomic mass is 10.1. The molecule has 2 N–H and O–H groups in total. The van der Waals surface area contributed by atoms with Crippen LogP contribution in [0, 0.1) is 0 Å². The van der Waals surface area contributed by atoms with Crippen LogP contribution in [0.3, 0.4) is 0 Å². The molecule has 3 aromatic heterocycles. The molecule has 0 saturated heterocycles. The summed E-state index contributed by atoms with van der Waals surface area (Å²) in [5.41, 5.74) is 3.17. The van der Waals surface area contributed by atoms with Crippen LogP contribution in [0.4, 0.5) is 14.5 Å². The second-order valence-corrected chi connectivity index (χ2v) is 6.84. The number of rotatable bonds is 5. The third-order valence-electron chi connectivity index (χ3n) is 3.80. The Hall–Kier alpha value is -3.11. The van der Waals surface area contributed by atoms with Crippen LogP contribution in [0.15, 0.2) is 42.3 Å². The van der Waals surface area contributed by atoms with Crippen molar-refractivity contribution in [1.29, 1.82) is 0 Å². The Balaban J connectivity index is 1.70. The monoisotopic (exact) mass is 421 g/mol. The largest absolute Gasteiger partial charge is 0.434 e. The van der Waals surface area contributed by atoms with Crippen LogP contribution in [-0.2, 0) is 0 Å². The van der Waals surface area contributed by atoms with E-state index in [9.17, 15) is 13.6 Å². The van der Waals surface area contributed by atoms with Crippen LogP contribution in [0.2, 0.25) is 5.02 Å². The molecule has 0 bridgehead atoms. The molecule has 0 fully saturated rings. The van der Waals surface area contributed by atoms with E-state index in [2.05, 4.69) is 30.2 Å². The van der Waals surface area contributed by atoms with E-state index in [1.54, 1.807) is 11.7 Å². The molecular weight excluding hydrogens is 412 g/mol. The number of anilines is 1. The molecule has 4 rings (SSSR count). The van der Waals surface area contributed by atoms with Crippen LogP contribution in [0.5, 0.6) is 5.75 Å². The highest BCUT2D eigenvalue weighted by molar-refractivity contribution is 7.16. The summed E-state index contributed by atoms with van der Waals surface area (Å²) in [6.45, 7) is -3.02. The van der Waals surface area contributed by atoms with Crippen molar-refractivity contribution >= 4 is 44.7 Å². The number of benzene rings is 1. The number of carbonyl (C=O) groups is 1. The number of hydrogen-bond donors (Lipinski definition) is 2. The number of halogens is 3. The molecule has 0 aliphatic rings. The maximum atomic E-state index is 12.7. The fraction of sp³-hybridized carbons (Fsp3) is 0.0588. The lowest BCUT2D eigenvalue weighted by Crippen LogP contribution is -2.13. The average Bonchev–Trinajstić information content (AvgIpc) is 3.31. The summed E-state index contributed by atoms with van der Waals surface area (Å²) in [6.07, 6.45) is 4.38. The van der Waals surface area contributed by atoms with Crippen molar-refractivity contribution < 1.29 is 18.3 Å². The van der Waals surface area contributed by atoms with E-state index in [0.29, 0.717) is 10.5 Å². The molecule has 0 spiro atoms. The predicted molar refractivity (Wildman–Crippen MR) is 101 cm³/mol. The number of aromatic nitrogens is 4. The SMILES string of the molecule is O=C(Nc1cn[nH]c1-c1cc(Cl)ccc1OC(F)F)c1cncc2scnc12. The van der Waals surface area contributed by atoms with Gasteiger partial charge in [-0.1, -0.05) is 11.6 Å². The molecule has 142 valence electrons. The summed E-state index contributed by atoms with van der Waals surface area (Å²) in [5.74, 6) is -0.576.